The summed E-state index contributed by atoms with van der Waals surface area (Å²) in [6.07, 6.45) is 2.17. The first-order valence-corrected chi connectivity index (χ1v) is 6.90. The molecular weight excluding hydrogens is 226 g/mol. The van der Waals surface area contributed by atoms with Gasteiger partial charge in [0.1, 0.15) is 11.9 Å². The second-order valence-corrected chi connectivity index (χ2v) is 4.69. The van der Waals surface area contributed by atoms with Crippen molar-refractivity contribution >= 4 is 0 Å². The van der Waals surface area contributed by atoms with Crippen molar-refractivity contribution in [2.75, 3.05) is 19.8 Å². The number of ether oxygens (including phenoxy) is 2. The fraction of sp³-hybridized carbons (Fsp3) is 0.600. The number of hydrogen-bond acceptors (Lipinski definition) is 3. The Labute approximate surface area is 109 Å². The predicted molar refractivity (Wildman–Crippen MR) is 73.1 cm³/mol. The van der Waals surface area contributed by atoms with Crippen LogP contribution >= 0.6 is 0 Å². The molecule has 1 aliphatic rings. The molecule has 1 aromatic carbocycles. The molecule has 0 amide bonds. The molecule has 1 heterocycles. The molecular formula is C15H23NO2. The first kappa shape index (κ1) is 13.4. The normalized spacial score (nSPS) is 23.9. The first-order chi connectivity index (χ1) is 8.83. The van der Waals surface area contributed by atoms with Crippen LogP contribution in [0.2, 0.25) is 0 Å². The van der Waals surface area contributed by atoms with Crippen molar-refractivity contribution in [3.8, 4) is 5.75 Å². The molecule has 1 fully saturated rings. The Morgan fingerprint density at radius 1 is 1.39 bits per heavy atom. The molecule has 2 rings (SSSR count). The van der Waals surface area contributed by atoms with E-state index in [4.69, 9.17) is 9.47 Å². The minimum absolute atomic E-state index is 0.116. The number of benzene rings is 1. The van der Waals surface area contributed by atoms with Crippen LogP contribution in [-0.2, 0) is 11.2 Å². The largest absolute Gasteiger partial charge is 0.486 e. The summed E-state index contributed by atoms with van der Waals surface area (Å²) in [5, 5.41) is 3.48. The summed E-state index contributed by atoms with van der Waals surface area (Å²) in [6, 6.07) is 8.73. The third-order valence-corrected chi connectivity index (χ3v) is 3.36. The van der Waals surface area contributed by atoms with Gasteiger partial charge in [0, 0.05) is 12.6 Å². The molecule has 2 unspecified atom stereocenters. The summed E-state index contributed by atoms with van der Waals surface area (Å²) in [7, 11) is 0. The van der Waals surface area contributed by atoms with Gasteiger partial charge in [0.05, 0.1) is 6.61 Å². The van der Waals surface area contributed by atoms with E-state index in [0.29, 0.717) is 12.6 Å². The lowest BCUT2D eigenvalue weighted by molar-refractivity contribution is -0.0143. The zero-order chi connectivity index (χ0) is 12.8. The minimum Gasteiger partial charge on any atom is -0.486 e. The molecule has 3 heteroatoms. The SMILES string of the molecule is CCNC1CCOCC1Oc1cccc(CC)c1. The maximum absolute atomic E-state index is 6.08. The molecule has 2 atom stereocenters. The Morgan fingerprint density at radius 3 is 3.06 bits per heavy atom. The summed E-state index contributed by atoms with van der Waals surface area (Å²) in [4.78, 5) is 0. The topological polar surface area (TPSA) is 30.5 Å². The van der Waals surface area contributed by atoms with Crippen LogP contribution in [0, 0.1) is 0 Å². The van der Waals surface area contributed by atoms with Gasteiger partial charge in [0.25, 0.3) is 0 Å². The van der Waals surface area contributed by atoms with Crippen LogP contribution in [0.15, 0.2) is 24.3 Å². The Hall–Kier alpha value is -1.06. The van der Waals surface area contributed by atoms with Gasteiger partial charge in [-0.05, 0) is 37.1 Å². The van der Waals surface area contributed by atoms with Crippen molar-refractivity contribution in [3.05, 3.63) is 29.8 Å². The highest BCUT2D eigenvalue weighted by Crippen LogP contribution is 2.19. The molecule has 0 saturated carbocycles. The molecule has 0 radical (unpaired) electrons. The number of aryl methyl sites for hydroxylation is 1. The molecule has 0 aromatic heterocycles. The molecule has 18 heavy (non-hydrogen) atoms. The molecule has 0 aliphatic carbocycles. The molecule has 100 valence electrons. The van der Waals surface area contributed by atoms with Crippen molar-refractivity contribution in [3.63, 3.8) is 0 Å². The zero-order valence-electron chi connectivity index (χ0n) is 11.3. The van der Waals surface area contributed by atoms with E-state index >= 15 is 0 Å². The molecule has 1 aliphatic heterocycles. The van der Waals surface area contributed by atoms with E-state index in [1.807, 2.05) is 6.07 Å². The fourth-order valence-electron chi connectivity index (χ4n) is 2.34. The van der Waals surface area contributed by atoms with Crippen LogP contribution in [0.1, 0.15) is 25.8 Å². The van der Waals surface area contributed by atoms with Crippen molar-refractivity contribution in [1.82, 2.24) is 5.32 Å². The lowest BCUT2D eigenvalue weighted by Gasteiger charge is -2.32. The van der Waals surface area contributed by atoms with E-state index in [9.17, 15) is 0 Å². The molecule has 1 saturated heterocycles. The lowest BCUT2D eigenvalue weighted by atomic mass is 10.1. The zero-order valence-corrected chi connectivity index (χ0v) is 11.3. The molecule has 0 bridgehead atoms. The molecule has 0 spiro atoms. The van der Waals surface area contributed by atoms with Gasteiger partial charge in [-0.15, -0.1) is 0 Å². The maximum atomic E-state index is 6.08. The lowest BCUT2D eigenvalue weighted by Crippen LogP contribution is -2.49. The Kier molecular flexibility index (Phi) is 5.02. The maximum Gasteiger partial charge on any atom is 0.137 e. The van der Waals surface area contributed by atoms with E-state index in [2.05, 4.69) is 37.4 Å². The highest BCUT2D eigenvalue weighted by Gasteiger charge is 2.26. The van der Waals surface area contributed by atoms with Crippen LogP contribution < -0.4 is 10.1 Å². The van der Waals surface area contributed by atoms with Crippen LogP contribution in [0.5, 0.6) is 5.75 Å². The van der Waals surface area contributed by atoms with Gasteiger partial charge in [0.15, 0.2) is 0 Å². The molecule has 1 N–H and O–H groups in total. The average molecular weight is 249 g/mol. The van der Waals surface area contributed by atoms with Gasteiger partial charge in [-0.2, -0.15) is 0 Å². The van der Waals surface area contributed by atoms with Crippen LogP contribution in [0.3, 0.4) is 0 Å². The number of nitrogens with one attached hydrogen (secondary N) is 1. The van der Waals surface area contributed by atoms with Gasteiger partial charge in [0.2, 0.25) is 0 Å². The number of rotatable bonds is 5. The standard InChI is InChI=1S/C15H23NO2/c1-3-12-6-5-7-13(10-12)18-15-11-17-9-8-14(15)16-4-2/h5-7,10,14-16H,3-4,8-9,11H2,1-2H3. The third kappa shape index (κ3) is 3.47. The minimum atomic E-state index is 0.116. The summed E-state index contributed by atoms with van der Waals surface area (Å²) in [5.41, 5.74) is 1.31. The van der Waals surface area contributed by atoms with E-state index in [-0.39, 0.29) is 6.10 Å². The van der Waals surface area contributed by atoms with Gasteiger partial charge < -0.3 is 14.8 Å². The Morgan fingerprint density at radius 2 is 2.28 bits per heavy atom. The predicted octanol–water partition coefficient (Wildman–Crippen LogP) is 2.39. The smallest absolute Gasteiger partial charge is 0.137 e. The first-order valence-electron chi connectivity index (χ1n) is 6.90. The monoisotopic (exact) mass is 249 g/mol. The van der Waals surface area contributed by atoms with Gasteiger partial charge in [-0.1, -0.05) is 26.0 Å². The summed E-state index contributed by atoms with van der Waals surface area (Å²) < 4.78 is 11.6. The van der Waals surface area contributed by atoms with Crippen LogP contribution in [-0.4, -0.2) is 31.9 Å². The molecule has 1 aromatic rings. The summed E-state index contributed by atoms with van der Waals surface area (Å²) in [5.74, 6) is 0.952. The van der Waals surface area contributed by atoms with E-state index in [1.165, 1.54) is 5.56 Å². The van der Waals surface area contributed by atoms with Gasteiger partial charge >= 0.3 is 0 Å². The van der Waals surface area contributed by atoms with Crippen LogP contribution in [0.25, 0.3) is 0 Å². The third-order valence-electron chi connectivity index (χ3n) is 3.36. The van der Waals surface area contributed by atoms with Gasteiger partial charge in [-0.25, -0.2) is 0 Å². The number of hydrogen-bond donors (Lipinski definition) is 1. The van der Waals surface area contributed by atoms with Crippen molar-refractivity contribution in [2.45, 2.75) is 38.8 Å². The highest BCUT2D eigenvalue weighted by atomic mass is 16.5. The van der Waals surface area contributed by atoms with Crippen molar-refractivity contribution < 1.29 is 9.47 Å². The second kappa shape index (κ2) is 6.76. The highest BCUT2D eigenvalue weighted by molar-refractivity contribution is 5.28. The molecule has 3 nitrogen and oxygen atoms in total. The van der Waals surface area contributed by atoms with Crippen LogP contribution in [0.4, 0.5) is 0 Å². The van der Waals surface area contributed by atoms with Crippen molar-refractivity contribution in [2.24, 2.45) is 0 Å². The summed E-state index contributed by atoms with van der Waals surface area (Å²) >= 11 is 0. The Balaban J connectivity index is 2.01. The summed E-state index contributed by atoms with van der Waals surface area (Å²) in [6.45, 7) is 6.76. The fourth-order valence-corrected chi connectivity index (χ4v) is 2.34. The average Bonchev–Trinajstić information content (AvgIpc) is 2.41. The number of likely N-dealkylation sites (N-methyl/N-ethyl adjacent to an activating group) is 1. The van der Waals surface area contributed by atoms with E-state index in [1.54, 1.807) is 0 Å². The van der Waals surface area contributed by atoms with E-state index < -0.39 is 0 Å². The van der Waals surface area contributed by atoms with Crippen molar-refractivity contribution in [1.29, 1.82) is 0 Å². The van der Waals surface area contributed by atoms with Gasteiger partial charge in [-0.3, -0.25) is 0 Å². The van der Waals surface area contributed by atoms with E-state index in [0.717, 1.165) is 31.7 Å². The Bertz CT molecular complexity index is 365. The second-order valence-electron chi connectivity index (χ2n) is 4.69. The quantitative estimate of drug-likeness (QED) is 0.869.